The average Bonchev–Trinajstić information content (AvgIpc) is 2.87. The third-order valence-corrected chi connectivity index (χ3v) is 6.64. The molecule has 2 atom stereocenters. The highest BCUT2D eigenvalue weighted by molar-refractivity contribution is 6.32. The van der Waals surface area contributed by atoms with Gasteiger partial charge in [0, 0.05) is 43.0 Å². The molecule has 5 heterocycles. The van der Waals surface area contributed by atoms with Gasteiger partial charge in [-0.05, 0) is 43.9 Å². The molecule has 3 aromatic heterocycles. The van der Waals surface area contributed by atoms with Crippen molar-refractivity contribution in [3.8, 4) is 11.6 Å². The molecule has 0 aromatic carbocycles. The van der Waals surface area contributed by atoms with Gasteiger partial charge in [0.25, 0.3) is 5.91 Å². The zero-order valence-corrected chi connectivity index (χ0v) is 19.7. The Labute approximate surface area is 202 Å². The van der Waals surface area contributed by atoms with E-state index in [0.29, 0.717) is 41.1 Å². The first-order valence-corrected chi connectivity index (χ1v) is 11.8. The summed E-state index contributed by atoms with van der Waals surface area (Å²) in [6.45, 7) is 1.55. The van der Waals surface area contributed by atoms with Gasteiger partial charge in [0.15, 0.2) is 18.2 Å². The Morgan fingerprint density at radius 1 is 1.24 bits per heavy atom. The van der Waals surface area contributed by atoms with Crippen molar-refractivity contribution < 1.29 is 14.3 Å². The lowest BCUT2D eigenvalue weighted by molar-refractivity contribution is -0.118. The van der Waals surface area contributed by atoms with Crippen LogP contribution in [0.2, 0.25) is 5.02 Å². The maximum Gasteiger partial charge on any atom is 0.263 e. The summed E-state index contributed by atoms with van der Waals surface area (Å²) >= 11 is 6.48. The third kappa shape index (κ3) is 5.06. The first-order chi connectivity index (χ1) is 16.6. The van der Waals surface area contributed by atoms with Gasteiger partial charge in [0.1, 0.15) is 0 Å². The summed E-state index contributed by atoms with van der Waals surface area (Å²) in [4.78, 5) is 25.0. The number of pyridine rings is 3. The summed E-state index contributed by atoms with van der Waals surface area (Å²) in [5.41, 5.74) is 3.51. The molecule has 0 radical (unpaired) electrons. The second kappa shape index (κ2) is 10.1. The number of amides is 1. The number of hydrogen-bond donors (Lipinski definition) is 3. The number of ether oxygens (including phenoxy) is 2. The fourth-order valence-electron chi connectivity index (χ4n) is 4.44. The second-order valence-corrected chi connectivity index (χ2v) is 9.00. The molecule has 1 amide bonds. The van der Waals surface area contributed by atoms with Crippen molar-refractivity contribution in [3.05, 3.63) is 46.7 Å². The number of piperidine rings is 1. The predicted molar refractivity (Wildman–Crippen MR) is 129 cm³/mol. The lowest BCUT2D eigenvalue weighted by Gasteiger charge is -2.31. The van der Waals surface area contributed by atoms with Crippen LogP contribution in [0.25, 0.3) is 11.0 Å². The molecule has 0 bridgehead atoms. The number of carbonyl (C=O) groups excluding carboxylic acids is 1. The standard InChI is InChI=1S/C24H27ClN6O3/c1-33-22-9-7-19-23(31-22)17(18(25)12-28-19)6-4-14-2-3-15(10-26-14)27-11-16-5-8-20-24(29-16)30-21(32)13-34-20/h5,7-9,12,14-15,26-27H,2-4,6,10-11,13H2,1H3,(H,29,30,32). The van der Waals surface area contributed by atoms with E-state index in [2.05, 4.69) is 30.9 Å². The zero-order chi connectivity index (χ0) is 23.5. The van der Waals surface area contributed by atoms with Gasteiger partial charge in [-0.2, -0.15) is 0 Å². The molecule has 2 aliphatic heterocycles. The van der Waals surface area contributed by atoms with E-state index in [-0.39, 0.29) is 12.5 Å². The molecule has 2 unspecified atom stereocenters. The van der Waals surface area contributed by atoms with E-state index in [1.807, 2.05) is 24.3 Å². The van der Waals surface area contributed by atoms with E-state index in [1.54, 1.807) is 13.3 Å². The Morgan fingerprint density at radius 3 is 2.97 bits per heavy atom. The average molecular weight is 483 g/mol. The highest BCUT2D eigenvalue weighted by Gasteiger charge is 2.22. The topological polar surface area (TPSA) is 110 Å². The predicted octanol–water partition coefficient (Wildman–Crippen LogP) is 2.86. The maximum absolute atomic E-state index is 11.5. The van der Waals surface area contributed by atoms with Crippen molar-refractivity contribution in [3.63, 3.8) is 0 Å². The van der Waals surface area contributed by atoms with Crippen LogP contribution >= 0.6 is 11.6 Å². The molecule has 5 rings (SSSR count). The molecule has 3 aromatic rings. The van der Waals surface area contributed by atoms with E-state index in [0.717, 1.165) is 54.5 Å². The molecule has 1 fully saturated rings. The van der Waals surface area contributed by atoms with E-state index in [1.165, 1.54) is 0 Å². The fourth-order valence-corrected chi connectivity index (χ4v) is 4.67. The van der Waals surface area contributed by atoms with Crippen LogP contribution in [-0.4, -0.2) is 53.2 Å². The molecule has 1 saturated heterocycles. The van der Waals surface area contributed by atoms with Crippen LogP contribution in [0.3, 0.4) is 0 Å². The van der Waals surface area contributed by atoms with Crippen molar-refractivity contribution in [2.75, 3.05) is 25.6 Å². The quantitative estimate of drug-likeness (QED) is 0.471. The fraction of sp³-hybridized carbons (Fsp3) is 0.417. The number of hydrogen-bond acceptors (Lipinski definition) is 8. The van der Waals surface area contributed by atoms with Crippen LogP contribution in [-0.2, 0) is 17.8 Å². The van der Waals surface area contributed by atoms with Gasteiger partial charge >= 0.3 is 0 Å². The number of carbonyl (C=O) groups is 1. The minimum atomic E-state index is -0.177. The summed E-state index contributed by atoms with van der Waals surface area (Å²) in [5.74, 6) is 1.49. The summed E-state index contributed by atoms with van der Waals surface area (Å²) in [6.07, 6.45) is 5.63. The van der Waals surface area contributed by atoms with Gasteiger partial charge in [-0.1, -0.05) is 11.6 Å². The molecule has 178 valence electrons. The first-order valence-electron chi connectivity index (χ1n) is 11.5. The molecular weight excluding hydrogens is 456 g/mol. The van der Waals surface area contributed by atoms with E-state index >= 15 is 0 Å². The summed E-state index contributed by atoms with van der Waals surface area (Å²) in [5, 5.41) is 10.6. The SMILES string of the molecule is COc1ccc2ncc(Cl)c(CCC3CCC(NCc4ccc5c(n4)NC(=O)CO5)CN3)c2n1. The number of anilines is 1. The van der Waals surface area contributed by atoms with Crippen molar-refractivity contribution in [1.82, 2.24) is 25.6 Å². The van der Waals surface area contributed by atoms with Gasteiger partial charge in [-0.15, -0.1) is 0 Å². The van der Waals surface area contributed by atoms with Gasteiger partial charge < -0.3 is 25.4 Å². The van der Waals surface area contributed by atoms with Gasteiger partial charge in [0.2, 0.25) is 5.88 Å². The number of aromatic nitrogens is 3. The number of rotatable bonds is 7. The molecule has 0 spiro atoms. The molecular formula is C24H27ClN6O3. The second-order valence-electron chi connectivity index (χ2n) is 8.59. The normalized spacial score (nSPS) is 19.9. The molecule has 3 N–H and O–H groups in total. The summed E-state index contributed by atoms with van der Waals surface area (Å²) < 4.78 is 10.6. The Morgan fingerprint density at radius 2 is 2.15 bits per heavy atom. The number of fused-ring (bicyclic) bond motifs is 2. The monoisotopic (exact) mass is 482 g/mol. The van der Waals surface area contributed by atoms with Crippen LogP contribution in [0.4, 0.5) is 5.82 Å². The highest BCUT2D eigenvalue weighted by atomic mass is 35.5. The van der Waals surface area contributed by atoms with E-state index in [4.69, 9.17) is 21.1 Å². The smallest absolute Gasteiger partial charge is 0.263 e. The molecule has 0 aliphatic carbocycles. The number of aryl methyl sites for hydroxylation is 1. The Balaban J connectivity index is 1.13. The van der Waals surface area contributed by atoms with Crippen LogP contribution in [0.5, 0.6) is 11.6 Å². The minimum absolute atomic E-state index is 0.0372. The van der Waals surface area contributed by atoms with Crippen LogP contribution in [0.1, 0.15) is 30.5 Å². The number of halogens is 1. The van der Waals surface area contributed by atoms with Gasteiger partial charge in [0.05, 0.1) is 28.9 Å². The van der Waals surface area contributed by atoms with Crippen molar-refractivity contribution in [1.29, 1.82) is 0 Å². The highest BCUT2D eigenvalue weighted by Crippen LogP contribution is 2.28. The first kappa shape index (κ1) is 22.8. The summed E-state index contributed by atoms with van der Waals surface area (Å²) in [6, 6.07) is 8.27. The van der Waals surface area contributed by atoms with Crippen molar-refractivity contribution >= 4 is 34.4 Å². The lowest BCUT2D eigenvalue weighted by atomic mass is 9.95. The molecule has 9 nitrogen and oxygen atoms in total. The Kier molecular flexibility index (Phi) is 6.75. The van der Waals surface area contributed by atoms with E-state index in [9.17, 15) is 4.79 Å². The van der Waals surface area contributed by atoms with Gasteiger partial charge in [-0.25, -0.2) is 9.97 Å². The molecule has 34 heavy (non-hydrogen) atoms. The largest absolute Gasteiger partial charge is 0.481 e. The van der Waals surface area contributed by atoms with E-state index < -0.39 is 0 Å². The molecule has 0 saturated carbocycles. The van der Waals surface area contributed by atoms with Crippen LogP contribution in [0, 0.1) is 0 Å². The third-order valence-electron chi connectivity index (χ3n) is 6.31. The number of nitrogens with one attached hydrogen (secondary N) is 3. The number of nitrogens with zero attached hydrogens (tertiary/aromatic N) is 3. The van der Waals surface area contributed by atoms with Crippen molar-refractivity contribution in [2.24, 2.45) is 0 Å². The molecule has 10 heteroatoms. The lowest BCUT2D eigenvalue weighted by Crippen LogP contribution is -2.47. The number of methoxy groups -OCH3 is 1. The summed E-state index contributed by atoms with van der Waals surface area (Å²) in [7, 11) is 1.61. The van der Waals surface area contributed by atoms with Crippen molar-refractivity contribution in [2.45, 2.75) is 44.3 Å². The maximum atomic E-state index is 11.5. The zero-order valence-electron chi connectivity index (χ0n) is 18.9. The Bertz CT molecular complexity index is 1200. The van der Waals surface area contributed by atoms with Crippen LogP contribution < -0.4 is 25.4 Å². The minimum Gasteiger partial charge on any atom is -0.481 e. The van der Waals surface area contributed by atoms with Gasteiger partial charge in [-0.3, -0.25) is 9.78 Å². The van der Waals surface area contributed by atoms with Crippen LogP contribution in [0.15, 0.2) is 30.5 Å². The Hall–Kier alpha value is -3.01. The molecule has 2 aliphatic rings.